The van der Waals surface area contributed by atoms with E-state index in [2.05, 4.69) is 16.0 Å². The van der Waals surface area contributed by atoms with Crippen LogP contribution in [0.15, 0.2) is 0 Å². The molecule has 0 radical (unpaired) electrons. The Labute approximate surface area is 111 Å². The lowest BCUT2D eigenvalue weighted by Gasteiger charge is -2.16. The molecular weight excluding hydrogens is 226 g/mol. The molecule has 0 aromatic heterocycles. The van der Waals surface area contributed by atoms with Crippen molar-refractivity contribution in [1.29, 1.82) is 0 Å². The Morgan fingerprint density at radius 2 is 1.78 bits per heavy atom. The molecular formula is C14H29N3O. The molecule has 0 aromatic carbocycles. The summed E-state index contributed by atoms with van der Waals surface area (Å²) in [6, 6.07) is 0.675. The normalized spacial score (nSPS) is 17.4. The van der Waals surface area contributed by atoms with Gasteiger partial charge in [-0.3, -0.25) is 4.79 Å². The van der Waals surface area contributed by atoms with Crippen molar-refractivity contribution in [2.45, 2.75) is 57.4 Å². The highest BCUT2D eigenvalue weighted by molar-refractivity contribution is 5.75. The van der Waals surface area contributed by atoms with Crippen molar-refractivity contribution in [3.05, 3.63) is 0 Å². The summed E-state index contributed by atoms with van der Waals surface area (Å²) in [6.07, 6.45) is 9.64. The zero-order valence-electron chi connectivity index (χ0n) is 11.8. The van der Waals surface area contributed by atoms with Crippen LogP contribution in [-0.2, 0) is 4.79 Å². The van der Waals surface area contributed by atoms with Crippen LogP contribution in [0, 0.1) is 0 Å². The van der Waals surface area contributed by atoms with Crippen LogP contribution >= 0.6 is 0 Å². The zero-order chi connectivity index (χ0) is 13.1. The second-order valence-electron chi connectivity index (χ2n) is 5.20. The first-order valence-corrected chi connectivity index (χ1v) is 7.47. The fourth-order valence-corrected chi connectivity index (χ4v) is 2.48. The smallest absolute Gasteiger partial charge is 0.220 e. The highest BCUT2D eigenvalue weighted by Gasteiger charge is 2.10. The quantitative estimate of drug-likeness (QED) is 0.454. The fourth-order valence-electron chi connectivity index (χ4n) is 2.48. The minimum absolute atomic E-state index is 0.174. The molecule has 106 valence electrons. The largest absolute Gasteiger partial charge is 0.355 e. The highest BCUT2D eigenvalue weighted by Crippen LogP contribution is 2.16. The van der Waals surface area contributed by atoms with Gasteiger partial charge in [0.05, 0.1) is 0 Å². The summed E-state index contributed by atoms with van der Waals surface area (Å²) in [5.74, 6) is 0.174. The number of carbonyl (C=O) groups is 1. The summed E-state index contributed by atoms with van der Waals surface area (Å²) >= 11 is 0. The van der Waals surface area contributed by atoms with Gasteiger partial charge in [0, 0.05) is 25.6 Å². The van der Waals surface area contributed by atoms with E-state index in [0.29, 0.717) is 12.5 Å². The Hall–Kier alpha value is -0.610. The number of nitrogens with one attached hydrogen (secondary N) is 3. The van der Waals surface area contributed by atoms with Gasteiger partial charge in [-0.15, -0.1) is 0 Å². The molecule has 0 atom stereocenters. The molecule has 0 aromatic rings. The van der Waals surface area contributed by atoms with Crippen molar-refractivity contribution in [2.24, 2.45) is 0 Å². The minimum Gasteiger partial charge on any atom is -0.355 e. The van der Waals surface area contributed by atoms with Crippen molar-refractivity contribution >= 4 is 5.91 Å². The monoisotopic (exact) mass is 255 g/mol. The molecule has 18 heavy (non-hydrogen) atoms. The third-order valence-electron chi connectivity index (χ3n) is 3.57. The van der Waals surface area contributed by atoms with E-state index in [9.17, 15) is 4.79 Å². The number of rotatable bonds is 8. The lowest BCUT2D eigenvalue weighted by molar-refractivity contribution is -0.121. The maximum Gasteiger partial charge on any atom is 0.220 e. The Bertz CT molecular complexity index is 213. The first kappa shape index (κ1) is 15.4. The van der Waals surface area contributed by atoms with Crippen LogP contribution in [0.4, 0.5) is 0 Å². The van der Waals surface area contributed by atoms with Gasteiger partial charge in [0.15, 0.2) is 0 Å². The number of hydrogen-bond donors (Lipinski definition) is 3. The van der Waals surface area contributed by atoms with Crippen molar-refractivity contribution in [3.8, 4) is 0 Å². The molecule has 0 bridgehead atoms. The minimum atomic E-state index is 0.174. The van der Waals surface area contributed by atoms with Crippen LogP contribution in [0.1, 0.15) is 51.4 Å². The standard InChI is InChI=1S/C14H29N3O/c1-15-10-6-9-14(18)17-12-11-16-13-7-4-2-3-5-8-13/h13,15-16H,2-12H2,1H3,(H,17,18). The lowest BCUT2D eigenvalue weighted by Crippen LogP contribution is -2.36. The van der Waals surface area contributed by atoms with Crippen molar-refractivity contribution in [1.82, 2.24) is 16.0 Å². The summed E-state index contributed by atoms with van der Waals surface area (Å²) < 4.78 is 0. The van der Waals surface area contributed by atoms with Crippen LogP contribution in [-0.4, -0.2) is 38.6 Å². The maximum absolute atomic E-state index is 11.5. The molecule has 1 amide bonds. The molecule has 3 N–H and O–H groups in total. The molecule has 1 fully saturated rings. The van der Waals surface area contributed by atoms with Crippen LogP contribution in [0.5, 0.6) is 0 Å². The second-order valence-corrected chi connectivity index (χ2v) is 5.20. The molecule has 0 spiro atoms. The number of hydrogen-bond acceptors (Lipinski definition) is 3. The molecule has 0 unspecified atom stereocenters. The SMILES string of the molecule is CNCCCC(=O)NCCNC1CCCCCC1. The van der Waals surface area contributed by atoms with E-state index in [1.807, 2.05) is 7.05 Å². The Morgan fingerprint density at radius 1 is 1.06 bits per heavy atom. The molecule has 4 nitrogen and oxygen atoms in total. The zero-order valence-corrected chi connectivity index (χ0v) is 11.8. The maximum atomic E-state index is 11.5. The van der Waals surface area contributed by atoms with Gasteiger partial charge in [0.2, 0.25) is 5.91 Å². The lowest BCUT2D eigenvalue weighted by atomic mass is 10.1. The average molecular weight is 255 g/mol. The van der Waals surface area contributed by atoms with Gasteiger partial charge in [-0.05, 0) is 32.9 Å². The first-order chi connectivity index (χ1) is 8.83. The van der Waals surface area contributed by atoms with Gasteiger partial charge >= 0.3 is 0 Å². The first-order valence-electron chi connectivity index (χ1n) is 7.47. The van der Waals surface area contributed by atoms with Crippen LogP contribution in [0.2, 0.25) is 0 Å². The van der Waals surface area contributed by atoms with Gasteiger partial charge in [0.1, 0.15) is 0 Å². The van der Waals surface area contributed by atoms with E-state index in [4.69, 9.17) is 0 Å². The van der Waals surface area contributed by atoms with Gasteiger partial charge < -0.3 is 16.0 Å². The van der Waals surface area contributed by atoms with Crippen LogP contribution in [0.3, 0.4) is 0 Å². The van der Waals surface area contributed by atoms with Gasteiger partial charge in [-0.2, -0.15) is 0 Å². The third kappa shape index (κ3) is 7.67. The number of carbonyl (C=O) groups excluding carboxylic acids is 1. The van der Waals surface area contributed by atoms with E-state index < -0.39 is 0 Å². The molecule has 4 heteroatoms. The predicted octanol–water partition coefficient (Wildman–Crippen LogP) is 1.41. The molecule has 0 aliphatic heterocycles. The summed E-state index contributed by atoms with van der Waals surface area (Å²) in [6.45, 7) is 2.57. The topological polar surface area (TPSA) is 53.2 Å². The van der Waals surface area contributed by atoms with E-state index >= 15 is 0 Å². The van der Waals surface area contributed by atoms with E-state index in [-0.39, 0.29) is 5.91 Å². The molecule has 0 heterocycles. The van der Waals surface area contributed by atoms with E-state index in [1.165, 1.54) is 38.5 Å². The summed E-state index contributed by atoms with van der Waals surface area (Å²) in [5.41, 5.74) is 0. The van der Waals surface area contributed by atoms with Crippen LogP contribution in [0.25, 0.3) is 0 Å². The molecule has 1 rings (SSSR count). The fraction of sp³-hybridized carbons (Fsp3) is 0.929. The molecule has 0 saturated heterocycles. The molecule has 1 aliphatic rings. The highest BCUT2D eigenvalue weighted by atomic mass is 16.1. The van der Waals surface area contributed by atoms with E-state index in [0.717, 1.165) is 26.1 Å². The van der Waals surface area contributed by atoms with Gasteiger partial charge in [-0.25, -0.2) is 0 Å². The molecule has 1 saturated carbocycles. The number of amides is 1. The average Bonchev–Trinajstić information content (AvgIpc) is 2.63. The second kappa shape index (κ2) is 10.3. The summed E-state index contributed by atoms with van der Waals surface area (Å²) in [4.78, 5) is 11.5. The van der Waals surface area contributed by atoms with E-state index in [1.54, 1.807) is 0 Å². The van der Waals surface area contributed by atoms with Crippen molar-refractivity contribution in [2.75, 3.05) is 26.7 Å². The van der Waals surface area contributed by atoms with Crippen molar-refractivity contribution in [3.63, 3.8) is 0 Å². The Balaban J connectivity index is 1.95. The van der Waals surface area contributed by atoms with Crippen LogP contribution < -0.4 is 16.0 Å². The predicted molar refractivity (Wildman–Crippen MR) is 75.7 cm³/mol. The Morgan fingerprint density at radius 3 is 2.44 bits per heavy atom. The molecule has 1 aliphatic carbocycles. The summed E-state index contributed by atoms with van der Waals surface area (Å²) in [7, 11) is 1.91. The van der Waals surface area contributed by atoms with Gasteiger partial charge in [0.25, 0.3) is 0 Å². The van der Waals surface area contributed by atoms with Crippen molar-refractivity contribution < 1.29 is 4.79 Å². The Kier molecular flexibility index (Phi) is 8.86. The third-order valence-corrected chi connectivity index (χ3v) is 3.57. The van der Waals surface area contributed by atoms with Gasteiger partial charge in [-0.1, -0.05) is 25.7 Å². The summed E-state index contributed by atoms with van der Waals surface area (Å²) in [5, 5.41) is 9.57.